The van der Waals surface area contributed by atoms with E-state index >= 15 is 0 Å². The van der Waals surface area contributed by atoms with Crippen molar-refractivity contribution >= 4 is 21.9 Å². The highest BCUT2D eigenvalue weighted by Crippen LogP contribution is 2.29. The molecule has 0 unspecified atom stereocenters. The molecule has 0 spiro atoms. The number of halogens is 1. The molecule has 0 aliphatic heterocycles. The topological polar surface area (TPSA) is 46.5 Å². The Morgan fingerprint density at radius 3 is 2.69 bits per heavy atom. The predicted molar refractivity (Wildman–Crippen MR) is 51.9 cm³/mol. The highest BCUT2D eigenvalue weighted by atomic mass is 79.9. The molecule has 1 rings (SSSR count). The van der Waals surface area contributed by atoms with Crippen LogP contribution in [0.4, 0.5) is 0 Å². The van der Waals surface area contributed by atoms with Gasteiger partial charge in [-0.15, -0.1) is 0 Å². The predicted octanol–water partition coefficient (Wildman–Crippen LogP) is 2.25. The maximum absolute atomic E-state index is 11.1. The fraction of sp³-hybridized carbons (Fsp3) is 0.222. The minimum Gasteiger partial charge on any atom is -0.506 e. The number of benzene rings is 1. The summed E-state index contributed by atoms with van der Waals surface area (Å²) in [7, 11) is 1.31. The molecule has 1 N–H and O–H groups in total. The van der Waals surface area contributed by atoms with Crippen LogP contribution in [0.1, 0.15) is 15.9 Å². The van der Waals surface area contributed by atoms with Gasteiger partial charge in [-0.05, 0) is 35.0 Å². The molecule has 70 valence electrons. The first-order valence-electron chi connectivity index (χ1n) is 3.64. The summed E-state index contributed by atoms with van der Waals surface area (Å²) in [5.74, 6) is -0.372. The van der Waals surface area contributed by atoms with Crippen molar-refractivity contribution in [3.05, 3.63) is 27.7 Å². The van der Waals surface area contributed by atoms with Gasteiger partial charge in [-0.3, -0.25) is 0 Å². The maximum atomic E-state index is 11.1. The number of hydrogen-bond donors (Lipinski definition) is 1. The summed E-state index contributed by atoms with van der Waals surface area (Å²) in [4.78, 5) is 11.1. The smallest absolute Gasteiger partial charge is 0.338 e. The van der Waals surface area contributed by atoms with E-state index in [1.54, 1.807) is 19.1 Å². The number of phenols is 1. The Balaban J connectivity index is 3.26. The number of ether oxygens (including phenoxy) is 1. The third kappa shape index (κ3) is 1.83. The van der Waals surface area contributed by atoms with E-state index < -0.39 is 5.97 Å². The second kappa shape index (κ2) is 3.79. The van der Waals surface area contributed by atoms with Gasteiger partial charge in [0, 0.05) is 5.56 Å². The van der Waals surface area contributed by atoms with Gasteiger partial charge >= 0.3 is 5.97 Å². The van der Waals surface area contributed by atoms with Gasteiger partial charge in [0.05, 0.1) is 17.1 Å². The minimum atomic E-state index is -0.444. The van der Waals surface area contributed by atoms with Gasteiger partial charge in [0.2, 0.25) is 0 Å². The van der Waals surface area contributed by atoms with E-state index in [2.05, 4.69) is 20.7 Å². The van der Waals surface area contributed by atoms with E-state index in [-0.39, 0.29) is 5.75 Å². The zero-order valence-electron chi connectivity index (χ0n) is 7.30. The molecule has 0 amide bonds. The van der Waals surface area contributed by atoms with Gasteiger partial charge in [-0.1, -0.05) is 0 Å². The second-order valence-electron chi connectivity index (χ2n) is 2.56. The highest BCUT2D eigenvalue weighted by Gasteiger charge is 2.13. The van der Waals surface area contributed by atoms with E-state index in [0.29, 0.717) is 15.6 Å². The van der Waals surface area contributed by atoms with Gasteiger partial charge < -0.3 is 9.84 Å². The van der Waals surface area contributed by atoms with Crippen LogP contribution < -0.4 is 0 Å². The summed E-state index contributed by atoms with van der Waals surface area (Å²) >= 11 is 3.15. The van der Waals surface area contributed by atoms with Crippen molar-refractivity contribution in [2.75, 3.05) is 7.11 Å². The Morgan fingerprint density at radius 2 is 2.15 bits per heavy atom. The normalized spacial score (nSPS) is 9.77. The third-order valence-corrected chi connectivity index (χ3v) is 2.43. The fourth-order valence-electron chi connectivity index (χ4n) is 0.998. The lowest BCUT2D eigenvalue weighted by Crippen LogP contribution is -2.03. The molecule has 0 aliphatic carbocycles. The molecular weight excluding hydrogens is 236 g/mol. The fourth-order valence-corrected chi connectivity index (χ4v) is 1.43. The number of esters is 1. The summed E-state index contributed by atoms with van der Waals surface area (Å²) in [6, 6.07) is 3.21. The SMILES string of the molecule is COC(=O)c1ccc(Br)c(O)c1C. The van der Waals surface area contributed by atoms with Crippen LogP contribution in [-0.2, 0) is 4.74 Å². The average Bonchev–Trinajstić information content (AvgIpc) is 2.13. The first-order valence-corrected chi connectivity index (χ1v) is 4.43. The average molecular weight is 245 g/mol. The number of methoxy groups -OCH3 is 1. The number of carbonyl (C=O) groups is 1. The summed E-state index contributed by atoms with van der Waals surface area (Å²) in [6.07, 6.45) is 0. The molecule has 0 aliphatic rings. The third-order valence-electron chi connectivity index (χ3n) is 1.79. The summed E-state index contributed by atoms with van der Waals surface area (Å²) < 4.78 is 5.11. The summed E-state index contributed by atoms with van der Waals surface area (Å²) in [6.45, 7) is 1.66. The molecule has 3 nitrogen and oxygen atoms in total. The van der Waals surface area contributed by atoms with Gasteiger partial charge in [0.25, 0.3) is 0 Å². The molecule has 0 atom stereocenters. The van der Waals surface area contributed by atoms with Gasteiger partial charge in [-0.25, -0.2) is 4.79 Å². The molecule has 0 aromatic heterocycles. The largest absolute Gasteiger partial charge is 0.506 e. The molecule has 4 heteroatoms. The summed E-state index contributed by atoms with van der Waals surface area (Å²) in [5.41, 5.74) is 0.893. The van der Waals surface area contributed by atoms with Crippen molar-refractivity contribution in [3.8, 4) is 5.75 Å². The molecule has 0 radical (unpaired) electrons. The van der Waals surface area contributed by atoms with Crippen LogP contribution in [0.2, 0.25) is 0 Å². The van der Waals surface area contributed by atoms with E-state index in [1.807, 2.05) is 0 Å². The Bertz CT molecular complexity index is 347. The van der Waals surface area contributed by atoms with Gasteiger partial charge in [0.15, 0.2) is 0 Å². The standard InChI is InChI=1S/C9H9BrO3/c1-5-6(9(12)13-2)3-4-7(10)8(5)11/h3-4,11H,1-2H3. The molecular formula is C9H9BrO3. The minimum absolute atomic E-state index is 0.0721. The van der Waals surface area contributed by atoms with Crippen molar-refractivity contribution in [1.29, 1.82) is 0 Å². The van der Waals surface area contributed by atoms with Crippen molar-refractivity contribution in [2.24, 2.45) is 0 Å². The Hall–Kier alpha value is -1.03. The first kappa shape index (κ1) is 10.1. The van der Waals surface area contributed by atoms with E-state index in [0.717, 1.165) is 0 Å². The van der Waals surface area contributed by atoms with Crippen molar-refractivity contribution in [1.82, 2.24) is 0 Å². The highest BCUT2D eigenvalue weighted by molar-refractivity contribution is 9.10. The van der Waals surface area contributed by atoms with Crippen LogP contribution in [0.3, 0.4) is 0 Å². The molecule has 0 saturated heterocycles. The number of phenolic OH excluding ortho intramolecular Hbond substituents is 1. The van der Waals surface area contributed by atoms with E-state index in [9.17, 15) is 9.90 Å². The molecule has 1 aromatic rings. The van der Waals surface area contributed by atoms with Gasteiger partial charge in [0.1, 0.15) is 5.75 Å². The van der Waals surface area contributed by atoms with Crippen LogP contribution in [0.5, 0.6) is 5.75 Å². The second-order valence-corrected chi connectivity index (χ2v) is 3.41. The Kier molecular flexibility index (Phi) is 2.93. The van der Waals surface area contributed by atoms with Crippen LogP contribution in [-0.4, -0.2) is 18.2 Å². The molecule has 0 heterocycles. The number of carbonyl (C=O) groups excluding carboxylic acids is 1. The maximum Gasteiger partial charge on any atom is 0.338 e. The zero-order chi connectivity index (χ0) is 10.0. The lowest BCUT2D eigenvalue weighted by atomic mass is 10.1. The molecule has 0 saturated carbocycles. The van der Waals surface area contributed by atoms with Crippen LogP contribution in [0.15, 0.2) is 16.6 Å². The molecule has 1 aromatic carbocycles. The van der Waals surface area contributed by atoms with E-state index in [1.165, 1.54) is 7.11 Å². The zero-order valence-corrected chi connectivity index (χ0v) is 8.88. The lowest BCUT2D eigenvalue weighted by molar-refractivity contribution is 0.0599. The molecule has 0 fully saturated rings. The number of aromatic hydroxyl groups is 1. The lowest BCUT2D eigenvalue weighted by Gasteiger charge is -2.06. The quantitative estimate of drug-likeness (QED) is 0.772. The first-order chi connectivity index (χ1) is 6.07. The number of rotatable bonds is 1. The monoisotopic (exact) mass is 244 g/mol. The van der Waals surface area contributed by atoms with Crippen LogP contribution in [0.25, 0.3) is 0 Å². The van der Waals surface area contributed by atoms with Crippen molar-refractivity contribution < 1.29 is 14.6 Å². The van der Waals surface area contributed by atoms with Crippen molar-refractivity contribution in [3.63, 3.8) is 0 Å². The number of hydrogen-bond acceptors (Lipinski definition) is 3. The van der Waals surface area contributed by atoms with Crippen molar-refractivity contribution in [2.45, 2.75) is 6.92 Å². The van der Waals surface area contributed by atoms with Crippen LogP contribution >= 0.6 is 15.9 Å². The molecule has 13 heavy (non-hydrogen) atoms. The van der Waals surface area contributed by atoms with Gasteiger partial charge in [-0.2, -0.15) is 0 Å². The van der Waals surface area contributed by atoms with Crippen LogP contribution in [0, 0.1) is 6.92 Å². The Labute approximate surface area is 84.5 Å². The Morgan fingerprint density at radius 1 is 1.54 bits per heavy atom. The molecule has 0 bridgehead atoms. The van der Waals surface area contributed by atoms with E-state index in [4.69, 9.17) is 0 Å². The summed E-state index contributed by atoms with van der Waals surface area (Å²) in [5, 5.41) is 9.48.